The molecule has 8 nitrogen and oxygen atoms in total. The molecule has 0 saturated carbocycles. The number of carbonyl (C=O) groups is 1. The molecule has 0 bridgehead atoms. The van der Waals surface area contributed by atoms with E-state index in [-0.39, 0.29) is 12.4 Å². The minimum atomic E-state index is -0.601. The van der Waals surface area contributed by atoms with Crippen LogP contribution in [0.3, 0.4) is 0 Å². The van der Waals surface area contributed by atoms with Crippen LogP contribution in [0.2, 0.25) is 0 Å². The maximum Gasteiger partial charge on any atom is 0.338 e. The average Bonchev–Trinajstić information content (AvgIpc) is 3.18. The van der Waals surface area contributed by atoms with Gasteiger partial charge in [-0.1, -0.05) is 29.8 Å². The maximum absolute atomic E-state index is 12.9. The Morgan fingerprint density at radius 2 is 1.97 bits per heavy atom. The van der Waals surface area contributed by atoms with E-state index in [0.717, 1.165) is 16.7 Å². The van der Waals surface area contributed by atoms with Crippen molar-refractivity contribution in [3.8, 4) is 22.9 Å². The number of aromatic hydroxyl groups is 1. The van der Waals surface area contributed by atoms with Gasteiger partial charge in [0.25, 0.3) is 0 Å². The van der Waals surface area contributed by atoms with Crippen LogP contribution in [-0.4, -0.2) is 39.1 Å². The summed E-state index contributed by atoms with van der Waals surface area (Å²) in [4.78, 5) is 17.6. The fourth-order valence-electron chi connectivity index (χ4n) is 3.81. The zero-order valence-corrected chi connectivity index (χ0v) is 18.5. The van der Waals surface area contributed by atoms with Gasteiger partial charge in [-0.15, -0.1) is 5.10 Å². The number of aromatic nitrogens is 3. The molecule has 0 aliphatic carbocycles. The number of esters is 1. The number of anilines is 1. The van der Waals surface area contributed by atoms with Gasteiger partial charge in [0.15, 0.2) is 17.3 Å². The summed E-state index contributed by atoms with van der Waals surface area (Å²) in [6.45, 7) is 8.08. The number of nitrogens with zero attached hydrogens (tertiary/aromatic N) is 3. The largest absolute Gasteiger partial charge is 0.504 e. The second-order valence-electron chi connectivity index (χ2n) is 7.52. The van der Waals surface area contributed by atoms with Crippen molar-refractivity contribution in [2.75, 3.05) is 18.5 Å². The number of aryl methyl sites for hydroxylation is 1. The summed E-state index contributed by atoms with van der Waals surface area (Å²) >= 11 is 0. The van der Waals surface area contributed by atoms with Crippen LogP contribution in [0, 0.1) is 6.92 Å². The summed E-state index contributed by atoms with van der Waals surface area (Å²) in [6.07, 6.45) is 0. The number of carbonyl (C=O) groups excluding carboxylic acids is 1. The third-order valence-electron chi connectivity index (χ3n) is 5.22. The molecule has 0 saturated heterocycles. The standard InChI is InChI=1S/C24H26N4O4/c1-5-31-19-13-16(10-11-18(19)29)21-20(23(30)32-6-2)15(4)25-24-26-22(27-28(21)24)17-9-7-8-14(3)12-17/h7-13,21,29H,5-6H2,1-4H3,(H,25,26,27). The Balaban J connectivity index is 1.88. The summed E-state index contributed by atoms with van der Waals surface area (Å²) in [6, 6.07) is 12.3. The van der Waals surface area contributed by atoms with E-state index in [1.165, 1.54) is 0 Å². The maximum atomic E-state index is 12.9. The van der Waals surface area contributed by atoms with E-state index in [1.54, 1.807) is 29.8 Å². The predicted molar refractivity (Wildman–Crippen MR) is 121 cm³/mol. The molecule has 1 aliphatic heterocycles. The number of phenols is 1. The van der Waals surface area contributed by atoms with Gasteiger partial charge < -0.3 is 19.9 Å². The molecule has 1 aliphatic rings. The van der Waals surface area contributed by atoms with Crippen molar-refractivity contribution in [1.82, 2.24) is 14.8 Å². The monoisotopic (exact) mass is 434 g/mol. The SMILES string of the molecule is CCOC(=O)C1=C(C)Nc2nc(-c3cccc(C)c3)nn2C1c1ccc(O)c(OCC)c1. The zero-order chi connectivity index (χ0) is 22.8. The van der Waals surface area contributed by atoms with Gasteiger partial charge in [-0.3, -0.25) is 0 Å². The van der Waals surface area contributed by atoms with Crippen molar-refractivity contribution in [2.24, 2.45) is 0 Å². The van der Waals surface area contributed by atoms with Crippen molar-refractivity contribution in [1.29, 1.82) is 0 Å². The van der Waals surface area contributed by atoms with Crippen molar-refractivity contribution in [3.63, 3.8) is 0 Å². The molecule has 1 aromatic heterocycles. The van der Waals surface area contributed by atoms with Crippen LogP contribution in [0.15, 0.2) is 53.7 Å². The quantitative estimate of drug-likeness (QED) is 0.561. The van der Waals surface area contributed by atoms with Gasteiger partial charge in [-0.25, -0.2) is 9.48 Å². The molecule has 8 heteroatoms. The van der Waals surface area contributed by atoms with Gasteiger partial charge in [-0.05, 0) is 51.5 Å². The molecule has 2 aromatic carbocycles. The first-order valence-corrected chi connectivity index (χ1v) is 10.6. The minimum Gasteiger partial charge on any atom is -0.504 e. The Bertz CT molecular complexity index is 1200. The Morgan fingerprint density at radius 3 is 2.69 bits per heavy atom. The van der Waals surface area contributed by atoms with Gasteiger partial charge in [0.2, 0.25) is 5.95 Å². The molecule has 166 valence electrons. The first kappa shape index (κ1) is 21.4. The van der Waals surface area contributed by atoms with Crippen molar-refractivity contribution < 1.29 is 19.4 Å². The topological polar surface area (TPSA) is 98.5 Å². The van der Waals surface area contributed by atoms with Crippen molar-refractivity contribution in [2.45, 2.75) is 33.7 Å². The number of fused-ring (bicyclic) bond motifs is 1. The van der Waals surface area contributed by atoms with Crippen LogP contribution in [0.4, 0.5) is 5.95 Å². The number of hydrogen-bond acceptors (Lipinski definition) is 7. The van der Waals surface area contributed by atoms with Crippen LogP contribution in [0.5, 0.6) is 11.5 Å². The van der Waals surface area contributed by atoms with Crippen molar-refractivity contribution in [3.05, 3.63) is 64.9 Å². The van der Waals surface area contributed by atoms with E-state index in [4.69, 9.17) is 14.6 Å². The Morgan fingerprint density at radius 1 is 1.16 bits per heavy atom. The van der Waals surface area contributed by atoms with Crippen LogP contribution >= 0.6 is 0 Å². The first-order valence-electron chi connectivity index (χ1n) is 10.6. The Hall–Kier alpha value is -3.81. The number of benzene rings is 2. The molecule has 32 heavy (non-hydrogen) atoms. The van der Waals surface area contributed by atoms with E-state index in [0.29, 0.717) is 35.4 Å². The molecular weight excluding hydrogens is 408 g/mol. The third kappa shape index (κ3) is 3.91. The summed E-state index contributed by atoms with van der Waals surface area (Å²) in [5.74, 6) is 0.991. The van der Waals surface area contributed by atoms with Crippen LogP contribution < -0.4 is 10.1 Å². The summed E-state index contributed by atoms with van der Waals surface area (Å²) in [7, 11) is 0. The lowest BCUT2D eigenvalue weighted by atomic mass is 9.95. The molecule has 4 rings (SSSR count). The van der Waals surface area contributed by atoms with Crippen LogP contribution in [-0.2, 0) is 9.53 Å². The highest BCUT2D eigenvalue weighted by atomic mass is 16.5. The van der Waals surface area contributed by atoms with Crippen LogP contribution in [0.25, 0.3) is 11.4 Å². The molecule has 2 N–H and O–H groups in total. The molecule has 0 radical (unpaired) electrons. The molecular formula is C24H26N4O4. The molecule has 3 aromatic rings. The smallest absolute Gasteiger partial charge is 0.338 e. The average molecular weight is 434 g/mol. The highest BCUT2D eigenvalue weighted by molar-refractivity contribution is 5.92. The number of phenolic OH excluding ortho intramolecular Hbond substituents is 1. The second kappa shape index (κ2) is 8.74. The lowest BCUT2D eigenvalue weighted by molar-refractivity contribution is -0.139. The normalized spacial score (nSPS) is 15.2. The van der Waals surface area contributed by atoms with Gasteiger partial charge in [0, 0.05) is 11.3 Å². The van der Waals surface area contributed by atoms with E-state index in [2.05, 4.69) is 10.3 Å². The van der Waals surface area contributed by atoms with E-state index >= 15 is 0 Å². The number of nitrogens with one attached hydrogen (secondary N) is 1. The van der Waals surface area contributed by atoms with Crippen LogP contribution in [0.1, 0.15) is 37.9 Å². The number of hydrogen-bond donors (Lipinski definition) is 2. The molecule has 0 fully saturated rings. The third-order valence-corrected chi connectivity index (χ3v) is 5.22. The molecule has 0 spiro atoms. The fourth-order valence-corrected chi connectivity index (χ4v) is 3.81. The van der Waals surface area contributed by atoms with Gasteiger partial charge >= 0.3 is 5.97 Å². The number of ether oxygens (including phenoxy) is 2. The summed E-state index contributed by atoms with van der Waals surface area (Å²) < 4.78 is 12.6. The highest BCUT2D eigenvalue weighted by Crippen LogP contribution is 2.39. The van der Waals surface area contributed by atoms with E-state index < -0.39 is 12.0 Å². The minimum absolute atomic E-state index is 0.0298. The van der Waals surface area contributed by atoms with Gasteiger partial charge in [-0.2, -0.15) is 4.98 Å². The number of allylic oxidation sites excluding steroid dienone is 1. The lowest BCUT2D eigenvalue weighted by Crippen LogP contribution is -2.29. The fraction of sp³-hybridized carbons (Fsp3) is 0.292. The first-order chi connectivity index (χ1) is 15.4. The Kier molecular flexibility index (Phi) is 5.85. The molecule has 1 unspecified atom stereocenters. The van der Waals surface area contributed by atoms with Gasteiger partial charge in [0.1, 0.15) is 6.04 Å². The summed E-state index contributed by atoms with van der Waals surface area (Å²) in [5, 5.41) is 18.1. The van der Waals surface area contributed by atoms with Crippen molar-refractivity contribution >= 4 is 11.9 Å². The Labute approximate surface area is 186 Å². The molecule has 0 amide bonds. The second-order valence-corrected chi connectivity index (χ2v) is 7.52. The highest BCUT2D eigenvalue weighted by Gasteiger charge is 2.35. The molecule has 1 atom stereocenters. The molecule has 2 heterocycles. The van der Waals surface area contributed by atoms with E-state index in [1.807, 2.05) is 45.0 Å². The van der Waals surface area contributed by atoms with Gasteiger partial charge in [0.05, 0.1) is 18.8 Å². The predicted octanol–water partition coefficient (Wildman–Crippen LogP) is 4.21. The summed E-state index contributed by atoms with van der Waals surface area (Å²) in [5.41, 5.74) is 3.75. The zero-order valence-electron chi connectivity index (χ0n) is 18.5. The number of rotatable bonds is 6. The van der Waals surface area contributed by atoms with E-state index in [9.17, 15) is 9.90 Å². The lowest BCUT2D eigenvalue weighted by Gasteiger charge is -2.28.